The first-order chi connectivity index (χ1) is 15.0. The summed E-state index contributed by atoms with van der Waals surface area (Å²) in [6.45, 7) is 1.94. The lowest BCUT2D eigenvalue weighted by atomic mass is 9.97. The molecule has 2 heterocycles. The lowest BCUT2D eigenvalue weighted by Crippen LogP contribution is -2.40. The van der Waals surface area contributed by atoms with E-state index in [4.69, 9.17) is 21.9 Å². The maximum Gasteiger partial charge on any atom is 0.248 e. The molecule has 8 nitrogen and oxygen atoms in total. The maximum atomic E-state index is 12.7. The van der Waals surface area contributed by atoms with Gasteiger partial charge in [0, 0.05) is 28.4 Å². The van der Waals surface area contributed by atoms with Crippen LogP contribution in [-0.4, -0.2) is 39.9 Å². The number of aromatic nitrogens is 2. The number of rotatable bonds is 6. The Bertz CT molecular complexity index is 1070. The van der Waals surface area contributed by atoms with Gasteiger partial charge in [-0.1, -0.05) is 16.8 Å². The van der Waals surface area contributed by atoms with Crippen LogP contribution in [0.4, 0.5) is 5.69 Å². The van der Waals surface area contributed by atoms with Gasteiger partial charge in [0.25, 0.3) is 0 Å². The monoisotopic (exact) mass is 439 g/mol. The van der Waals surface area contributed by atoms with Crippen LogP contribution in [0.25, 0.3) is 11.4 Å². The van der Waals surface area contributed by atoms with Gasteiger partial charge in [0.1, 0.15) is 0 Å². The molecule has 0 spiro atoms. The standard InChI is InChI=1S/C22H22ClN5O3/c23-17-7-3-15(4-8-17)21-26-19(31-27-21)13-28-11-1-2-16(12-28)22(30)25-18-9-5-14(6-10-18)20(24)29/h3-10,16H,1-2,11-13H2,(H2,24,29)(H,25,30). The second-order valence-corrected chi connectivity index (χ2v) is 7.96. The Hall–Kier alpha value is -3.23. The molecule has 0 radical (unpaired) electrons. The first kappa shape index (κ1) is 21.0. The average Bonchev–Trinajstić information content (AvgIpc) is 3.23. The van der Waals surface area contributed by atoms with Crippen LogP contribution in [0.5, 0.6) is 0 Å². The van der Waals surface area contributed by atoms with Gasteiger partial charge >= 0.3 is 0 Å². The van der Waals surface area contributed by atoms with Crippen LogP contribution in [0.15, 0.2) is 53.1 Å². The zero-order valence-electron chi connectivity index (χ0n) is 16.8. The molecule has 0 aliphatic carbocycles. The van der Waals surface area contributed by atoms with Gasteiger partial charge in [0.05, 0.1) is 12.5 Å². The lowest BCUT2D eigenvalue weighted by Gasteiger charge is -2.30. The van der Waals surface area contributed by atoms with E-state index >= 15 is 0 Å². The van der Waals surface area contributed by atoms with Crippen molar-refractivity contribution in [3.05, 3.63) is 65.0 Å². The van der Waals surface area contributed by atoms with Gasteiger partial charge in [-0.15, -0.1) is 0 Å². The first-order valence-corrected chi connectivity index (χ1v) is 10.4. The van der Waals surface area contributed by atoms with Crippen molar-refractivity contribution in [2.75, 3.05) is 18.4 Å². The summed E-state index contributed by atoms with van der Waals surface area (Å²) in [7, 11) is 0. The Morgan fingerprint density at radius 1 is 1.16 bits per heavy atom. The third kappa shape index (κ3) is 5.28. The number of nitrogens with zero attached hydrogens (tertiary/aromatic N) is 3. The maximum absolute atomic E-state index is 12.7. The molecular weight excluding hydrogens is 418 g/mol. The molecule has 2 aromatic carbocycles. The summed E-state index contributed by atoms with van der Waals surface area (Å²) in [6, 6.07) is 13.8. The largest absolute Gasteiger partial charge is 0.366 e. The number of hydrogen-bond acceptors (Lipinski definition) is 6. The van der Waals surface area contributed by atoms with Gasteiger partial charge in [0.15, 0.2) is 0 Å². The van der Waals surface area contributed by atoms with E-state index in [1.807, 2.05) is 12.1 Å². The second-order valence-electron chi connectivity index (χ2n) is 7.52. The molecule has 1 unspecified atom stereocenters. The topological polar surface area (TPSA) is 114 Å². The van der Waals surface area contributed by atoms with Crippen LogP contribution in [-0.2, 0) is 11.3 Å². The highest BCUT2D eigenvalue weighted by Gasteiger charge is 2.27. The molecule has 9 heteroatoms. The minimum atomic E-state index is -0.499. The van der Waals surface area contributed by atoms with Crippen molar-refractivity contribution >= 4 is 29.1 Å². The molecular formula is C22H22ClN5O3. The quantitative estimate of drug-likeness (QED) is 0.608. The number of primary amides is 1. The SMILES string of the molecule is NC(=O)c1ccc(NC(=O)C2CCCN(Cc3nc(-c4ccc(Cl)cc4)no3)C2)cc1. The van der Waals surface area contributed by atoms with Crippen LogP contribution in [0.1, 0.15) is 29.1 Å². The van der Waals surface area contributed by atoms with E-state index in [9.17, 15) is 9.59 Å². The Labute approximate surface area is 184 Å². The zero-order valence-corrected chi connectivity index (χ0v) is 17.5. The summed E-state index contributed by atoms with van der Waals surface area (Å²) in [4.78, 5) is 30.5. The normalized spacial score (nSPS) is 16.7. The number of carbonyl (C=O) groups is 2. The predicted octanol–water partition coefficient (Wildman–Crippen LogP) is 3.34. The van der Waals surface area contributed by atoms with E-state index in [-0.39, 0.29) is 11.8 Å². The molecule has 160 valence electrons. The number of halogens is 1. The molecule has 0 bridgehead atoms. The van der Waals surface area contributed by atoms with Gasteiger partial charge in [-0.25, -0.2) is 0 Å². The Morgan fingerprint density at radius 3 is 2.61 bits per heavy atom. The molecule has 1 fully saturated rings. The molecule has 1 aliphatic heterocycles. The van der Waals surface area contributed by atoms with E-state index in [0.717, 1.165) is 24.9 Å². The van der Waals surface area contributed by atoms with Crippen molar-refractivity contribution in [1.29, 1.82) is 0 Å². The summed E-state index contributed by atoms with van der Waals surface area (Å²) in [5.41, 5.74) is 7.12. The Kier molecular flexibility index (Phi) is 6.29. The van der Waals surface area contributed by atoms with Gasteiger partial charge < -0.3 is 15.6 Å². The van der Waals surface area contributed by atoms with Gasteiger partial charge in [0.2, 0.25) is 23.5 Å². The lowest BCUT2D eigenvalue weighted by molar-refractivity contribution is -0.121. The first-order valence-electron chi connectivity index (χ1n) is 9.99. The van der Waals surface area contributed by atoms with Crippen molar-refractivity contribution in [1.82, 2.24) is 15.0 Å². The van der Waals surface area contributed by atoms with Crippen LogP contribution in [0, 0.1) is 5.92 Å². The van der Waals surface area contributed by atoms with E-state index in [1.54, 1.807) is 36.4 Å². The molecule has 1 aliphatic rings. The van der Waals surface area contributed by atoms with Crippen molar-refractivity contribution in [3.8, 4) is 11.4 Å². The van der Waals surface area contributed by atoms with E-state index in [2.05, 4.69) is 20.4 Å². The molecule has 31 heavy (non-hydrogen) atoms. The third-order valence-electron chi connectivity index (χ3n) is 5.24. The molecule has 1 saturated heterocycles. The van der Waals surface area contributed by atoms with Gasteiger partial charge in [-0.3, -0.25) is 14.5 Å². The van der Waals surface area contributed by atoms with Crippen molar-refractivity contribution in [2.24, 2.45) is 11.7 Å². The molecule has 1 atom stereocenters. The van der Waals surface area contributed by atoms with Crippen LogP contribution < -0.4 is 11.1 Å². The molecule has 4 rings (SSSR count). The molecule has 3 aromatic rings. The summed E-state index contributed by atoms with van der Waals surface area (Å²) >= 11 is 5.92. The molecule has 0 saturated carbocycles. The van der Waals surface area contributed by atoms with Crippen LogP contribution in [0.2, 0.25) is 5.02 Å². The zero-order chi connectivity index (χ0) is 21.8. The number of amides is 2. The third-order valence-corrected chi connectivity index (χ3v) is 5.49. The number of piperidine rings is 1. The predicted molar refractivity (Wildman–Crippen MR) is 116 cm³/mol. The number of likely N-dealkylation sites (tertiary alicyclic amines) is 1. The number of nitrogens with two attached hydrogens (primary N) is 1. The number of nitrogens with one attached hydrogen (secondary N) is 1. The Morgan fingerprint density at radius 2 is 1.90 bits per heavy atom. The number of hydrogen-bond donors (Lipinski definition) is 2. The van der Waals surface area contributed by atoms with E-state index in [1.165, 1.54) is 0 Å². The van der Waals surface area contributed by atoms with Crippen molar-refractivity contribution in [3.63, 3.8) is 0 Å². The highest BCUT2D eigenvalue weighted by Crippen LogP contribution is 2.22. The highest BCUT2D eigenvalue weighted by atomic mass is 35.5. The minimum Gasteiger partial charge on any atom is -0.366 e. The average molecular weight is 440 g/mol. The van der Waals surface area contributed by atoms with Gasteiger partial charge in [-0.05, 0) is 67.9 Å². The molecule has 2 amide bonds. The van der Waals surface area contributed by atoms with Crippen molar-refractivity contribution < 1.29 is 14.1 Å². The van der Waals surface area contributed by atoms with Gasteiger partial charge in [-0.2, -0.15) is 4.98 Å². The smallest absolute Gasteiger partial charge is 0.248 e. The van der Waals surface area contributed by atoms with E-state index in [0.29, 0.717) is 41.1 Å². The van der Waals surface area contributed by atoms with Crippen LogP contribution in [0.3, 0.4) is 0 Å². The number of carbonyl (C=O) groups excluding carboxylic acids is 2. The fourth-order valence-corrected chi connectivity index (χ4v) is 3.73. The van der Waals surface area contributed by atoms with Crippen molar-refractivity contribution in [2.45, 2.75) is 19.4 Å². The summed E-state index contributed by atoms with van der Waals surface area (Å²) in [5, 5.41) is 7.60. The minimum absolute atomic E-state index is 0.0519. The Balaban J connectivity index is 1.34. The fourth-order valence-electron chi connectivity index (χ4n) is 3.60. The number of anilines is 1. The van der Waals surface area contributed by atoms with E-state index < -0.39 is 5.91 Å². The number of benzene rings is 2. The summed E-state index contributed by atoms with van der Waals surface area (Å²) in [6.07, 6.45) is 1.71. The summed E-state index contributed by atoms with van der Waals surface area (Å²) < 4.78 is 5.40. The second kappa shape index (κ2) is 9.28. The summed E-state index contributed by atoms with van der Waals surface area (Å²) in [5.74, 6) is 0.318. The molecule has 3 N–H and O–H groups in total. The van der Waals surface area contributed by atoms with Crippen LogP contribution >= 0.6 is 11.6 Å². The fraction of sp³-hybridized carbons (Fsp3) is 0.273. The molecule has 1 aromatic heterocycles. The highest BCUT2D eigenvalue weighted by molar-refractivity contribution is 6.30.